The molecular weight excluding hydrogens is 366 g/mol. The zero-order chi connectivity index (χ0) is 19.7. The van der Waals surface area contributed by atoms with Crippen molar-refractivity contribution in [2.75, 3.05) is 7.11 Å². The standard InChI is InChI=1S/C21H16F2N2O3/c1-27-16-6-4-13-8-12(2-3-14(13)9-16)11-28-21(26)15-5-7-17-18(10-15)25-20(24-17)19(22)23/h2-10,19H,11H2,1H3,(H,24,25). The van der Waals surface area contributed by atoms with Crippen molar-refractivity contribution in [1.29, 1.82) is 0 Å². The second-order valence-corrected chi connectivity index (χ2v) is 6.28. The monoisotopic (exact) mass is 382 g/mol. The molecule has 3 aromatic carbocycles. The van der Waals surface area contributed by atoms with Crippen LogP contribution < -0.4 is 4.74 Å². The summed E-state index contributed by atoms with van der Waals surface area (Å²) in [7, 11) is 1.61. The Balaban J connectivity index is 1.49. The molecule has 0 aliphatic heterocycles. The number of H-pyrrole nitrogens is 1. The van der Waals surface area contributed by atoms with Crippen LogP contribution in [0.15, 0.2) is 54.6 Å². The Hall–Kier alpha value is -3.48. The lowest BCUT2D eigenvalue weighted by Gasteiger charge is -2.07. The molecule has 0 bridgehead atoms. The van der Waals surface area contributed by atoms with Gasteiger partial charge in [0.2, 0.25) is 0 Å². The number of rotatable bonds is 5. The predicted octanol–water partition coefficient (Wildman–Crippen LogP) is 5.02. The molecule has 28 heavy (non-hydrogen) atoms. The first-order chi connectivity index (χ1) is 13.5. The van der Waals surface area contributed by atoms with Crippen molar-refractivity contribution in [2.24, 2.45) is 0 Å². The molecule has 1 aromatic heterocycles. The van der Waals surface area contributed by atoms with Crippen LogP contribution in [0.5, 0.6) is 5.75 Å². The van der Waals surface area contributed by atoms with Crippen LogP contribution in [-0.4, -0.2) is 23.0 Å². The third-order valence-electron chi connectivity index (χ3n) is 4.42. The van der Waals surface area contributed by atoms with Crippen LogP contribution in [0, 0.1) is 0 Å². The molecule has 0 radical (unpaired) electrons. The van der Waals surface area contributed by atoms with Crippen LogP contribution in [0.2, 0.25) is 0 Å². The zero-order valence-electron chi connectivity index (χ0n) is 14.9. The summed E-state index contributed by atoms with van der Waals surface area (Å²) in [5.41, 5.74) is 1.84. The summed E-state index contributed by atoms with van der Waals surface area (Å²) in [6.45, 7) is 0.101. The van der Waals surface area contributed by atoms with Crippen molar-refractivity contribution in [3.05, 3.63) is 71.5 Å². The molecule has 0 unspecified atom stereocenters. The Kier molecular flexibility index (Phi) is 4.65. The van der Waals surface area contributed by atoms with E-state index in [-0.39, 0.29) is 12.2 Å². The number of carbonyl (C=O) groups excluding carboxylic acids is 1. The summed E-state index contributed by atoms with van der Waals surface area (Å²) in [6, 6.07) is 16.0. The van der Waals surface area contributed by atoms with Gasteiger partial charge < -0.3 is 14.5 Å². The lowest BCUT2D eigenvalue weighted by molar-refractivity contribution is 0.0473. The largest absolute Gasteiger partial charge is 0.497 e. The fourth-order valence-electron chi connectivity index (χ4n) is 2.98. The molecule has 5 nitrogen and oxygen atoms in total. The summed E-state index contributed by atoms with van der Waals surface area (Å²) in [5, 5.41) is 2.03. The van der Waals surface area contributed by atoms with Gasteiger partial charge in [-0.25, -0.2) is 18.6 Å². The number of hydrogen-bond donors (Lipinski definition) is 1. The third-order valence-corrected chi connectivity index (χ3v) is 4.42. The lowest BCUT2D eigenvalue weighted by Crippen LogP contribution is -2.05. The molecule has 4 aromatic rings. The summed E-state index contributed by atoms with van der Waals surface area (Å²) >= 11 is 0. The van der Waals surface area contributed by atoms with E-state index < -0.39 is 18.2 Å². The Morgan fingerprint density at radius 1 is 1.07 bits per heavy atom. The van der Waals surface area contributed by atoms with Crippen molar-refractivity contribution in [2.45, 2.75) is 13.0 Å². The number of methoxy groups -OCH3 is 1. The predicted molar refractivity (Wildman–Crippen MR) is 101 cm³/mol. The number of benzene rings is 3. The molecule has 0 saturated carbocycles. The third kappa shape index (κ3) is 3.51. The number of halogens is 2. The highest BCUT2D eigenvalue weighted by atomic mass is 19.3. The molecular formula is C21H16F2N2O3. The Morgan fingerprint density at radius 3 is 2.64 bits per heavy atom. The van der Waals surface area contributed by atoms with E-state index >= 15 is 0 Å². The highest BCUT2D eigenvalue weighted by Crippen LogP contribution is 2.23. The SMILES string of the molecule is COc1ccc2cc(COC(=O)c3ccc4nc(C(F)F)[nH]c4c3)ccc2c1. The number of carbonyl (C=O) groups is 1. The van der Waals surface area contributed by atoms with Crippen molar-refractivity contribution in [3.63, 3.8) is 0 Å². The van der Waals surface area contributed by atoms with E-state index in [1.807, 2.05) is 36.4 Å². The second-order valence-electron chi connectivity index (χ2n) is 6.28. The maximum Gasteiger partial charge on any atom is 0.338 e. The van der Waals surface area contributed by atoms with Gasteiger partial charge in [-0.3, -0.25) is 0 Å². The topological polar surface area (TPSA) is 64.2 Å². The van der Waals surface area contributed by atoms with E-state index in [9.17, 15) is 13.6 Å². The minimum Gasteiger partial charge on any atom is -0.497 e. The summed E-state index contributed by atoms with van der Waals surface area (Å²) in [4.78, 5) is 18.6. The number of alkyl halides is 2. The highest BCUT2D eigenvalue weighted by molar-refractivity contribution is 5.93. The van der Waals surface area contributed by atoms with E-state index in [0.29, 0.717) is 11.0 Å². The Morgan fingerprint density at radius 2 is 1.86 bits per heavy atom. The number of fused-ring (bicyclic) bond motifs is 2. The van der Waals surface area contributed by atoms with E-state index in [1.165, 1.54) is 18.2 Å². The van der Waals surface area contributed by atoms with Crippen LogP contribution in [-0.2, 0) is 11.3 Å². The molecule has 7 heteroatoms. The maximum absolute atomic E-state index is 12.7. The molecule has 0 saturated heterocycles. The van der Waals surface area contributed by atoms with Gasteiger partial charge in [-0.2, -0.15) is 0 Å². The minimum atomic E-state index is -2.70. The number of nitrogens with zero attached hydrogens (tertiary/aromatic N) is 1. The molecule has 1 heterocycles. The van der Waals surface area contributed by atoms with Crippen LogP contribution in [0.1, 0.15) is 28.2 Å². The smallest absolute Gasteiger partial charge is 0.338 e. The van der Waals surface area contributed by atoms with Crippen molar-refractivity contribution in [3.8, 4) is 5.75 Å². The van der Waals surface area contributed by atoms with E-state index in [1.54, 1.807) is 7.11 Å². The molecule has 1 N–H and O–H groups in total. The van der Waals surface area contributed by atoms with Gasteiger partial charge in [0.15, 0.2) is 5.82 Å². The Labute approximate surface area is 158 Å². The number of imidazole rings is 1. The average molecular weight is 382 g/mol. The average Bonchev–Trinajstić information content (AvgIpc) is 3.15. The number of esters is 1. The number of hydrogen-bond acceptors (Lipinski definition) is 4. The van der Waals surface area contributed by atoms with Crippen molar-refractivity contribution >= 4 is 27.8 Å². The van der Waals surface area contributed by atoms with Gasteiger partial charge in [0, 0.05) is 0 Å². The van der Waals surface area contributed by atoms with Crippen molar-refractivity contribution in [1.82, 2.24) is 9.97 Å². The molecule has 0 fully saturated rings. The first-order valence-corrected chi connectivity index (χ1v) is 8.55. The quantitative estimate of drug-likeness (QED) is 0.492. The number of nitrogens with one attached hydrogen (secondary N) is 1. The molecule has 0 aliphatic carbocycles. The molecule has 0 amide bonds. The summed E-state index contributed by atoms with van der Waals surface area (Å²) < 4.78 is 36.0. The first-order valence-electron chi connectivity index (χ1n) is 8.55. The van der Waals surface area contributed by atoms with Gasteiger partial charge in [-0.05, 0) is 52.7 Å². The van der Waals surface area contributed by atoms with Gasteiger partial charge in [-0.15, -0.1) is 0 Å². The normalized spacial score (nSPS) is 11.3. The van der Waals surface area contributed by atoms with Crippen LogP contribution >= 0.6 is 0 Å². The maximum atomic E-state index is 12.7. The Bertz CT molecular complexity index is 1170. The molecule has 4 rings (SSSR count). The molecule has 0 spiro atoms. The molecule has 0 atom stereocenters. The number of aromatic nitrogens is 2. The van der Waals surface area contributed by atoms with Gasteiger partial charge in [-0.1, -0.05) is 18.2 Å². The second kappa shape index (κ2) is 7.26. The van der Waals surface area contributed by atoms with Crippen molar-refractivity contribution < 1.29 is 23.0 Å². The number of ether oxygens (including phenoxy) is 2. The van der Waals surface area contributed by atoms with Gasteiger partial charge in [0.25, 0.3) is 6.43 Å². The van der Waals surface area contributed by atoms with Gasteiger partial charge in [0.05, 0.1) is 23.7 Å². The van der Waals surface area contributed by atoms with Crippen LogP contribution in [0.3, 0.4) is 0 Å². The zero-order valence-corrected chi connectivity index (χ0v) is 14.9. The van der Waals surface area contributed by atoms with Gasteiger partial charge >= 0.3 is 5.97 Å². The minimum absolute atomic E-state index is 0.101. The molecule has 142 valence electrons. The fourth-order valence-corrected chi connectivity index (χ4v) is 2.98. The lowest BCUT2D eigenvalue weighted by atomic mass is 10.1. The van der Waals surface area contributed by atoms with Gasteiger partial charge in [0.1, 0.15) is 12.4 Å². The van der Waals surface area contributed by atoms with Crippen LogP contribution in [0.4, 0.5) is 8.78 Å². The van der Waals surface area contributed by atoms with E-state index in [0.717, 1.165) is 22.1 Å². The fraction of sp³-hybridized carbons (Fsp3) is 0.143. The first kappa shape index (κ1) is 17.9. The van der Waals surface area contributed by atoms with Crippen LogP contribution in [0.25, 0.3) is 21.8 Å². The summed E-state index contributed by atoms with van der Waals surface area (Å²) in [6.07, 6.45) is -2.70. The molecule has 0 aliphatic rings. The number of aromatic amines is 1. The van der Waals surface area contributed by atoms with E-state index in [2.05, 4.69) is 9.97 Å². The summed E-state index contributed by atoms with van der Waals surface area (Å²) in [5.74, 6) is -0.186. The highest BCUT2D eigenvalue weighted by Gasteiger charge is 2.15. The van der Waals surface area contributed by atoms with E-state index in [4.69, 9.17) is 9.47 Å².